The number of aromatic nitrogens is 4. The van der Waals surface area contributed by atoms with Crippen molar-refractivity contribution in [3.05, 3.63) is 43.0 Å². The molecule has 2 aromatic heterocycles. The first kappa shape index (κ1) is 13.7. The molecule has 1 aliphatic heterocycles. The summed E-state index contributed by atoms with van der Waals surface area (Å²) in [5, 5.41) is 0.857. The first-order chi connectivity index (χ1) is 10.6. The summed E-state index contributed by atoms with van der Waals surface area (Å²) < 4.78 is 27.0. The molecule has 0 radical (unpaired) electrons. The van der Waals surface area contributed by atoms with Crippen molar-refractivity contribution in [2.75, 3.05) is 11.5 Å². The lowest BCUT2D eigenvalue weighted by Gasteiger charge is -2.23. The monoisotopic (exact) mass is 332 g/mol. The zero-order valence-electron chi connectivity index (χ0n) is 11.5. The van der Waals surface area contributed by atoms with E-state index >= 15 is 0 Å². The fraction of sp³-hybridized carbons (Fsp3) is 0.214. The van der Waals surface area contributed by atoms with Crippen molar-refractivity contribution in [3.8, 4) is 0 Å². The minimum Gasteiger partial charge on any atom is -0.322 e. The molecule has 0 amide bonds. The topological polar surface area (TPSA) is 77.7 Å². The minimum atomic E-state index is -3.34. The maximum absolute atomic E-state index is 12.6. The molecule has 0 fully saturated rings. The van der Waals surface area contributed by atoms with Crippen molar-refractivity contribution in [1.29, 1.82) is 0 Å². The third-order valence-corrected chi connectivity index (χ3v) is 6.59. The lowest BCUT2D eigenvalue weighted by molar-refractivity contribution is 0.563. The molecule has 0 saturated carbocycles. The zero-order valence-corrected chi connectivity index (χ0v) is 13.1. The molecule has 0 aliphatic carbocycles. The molecule has 6 nitrogen and oxygen atoms in total. The van der Waals surface area contributed by atoms with Gasteiger partial charge in [0.2, 0.25) is 0 Å². The van der Waals surface area contributed by atoms with Crippen LogP contribution >= 0.6 is 11.8 Å². The van der Waals surface area contributed by atoms with E-state index in [4.69, 9.17) is 0 Å². The van der Waals surface area contributed by atoms with Gasteiger partial charge in [-0.05, 0) is 12.1 Å². The maximum Gasteiger partial charge on any atom is 0.181 e. The van der Waals surface area contributed by atoms with Crippen LogP contribution in [0.2, 0.25) is 0 Å². The first-order valence-corrected chi connectivity index (χ1v) is 9.37. The van der Waals surface area contributed by atoms with E-state index in [0.717, 1.165) is 10.5 Å². The fourth-order valence-electron chi connectivity index (χ4n) is 2.59. The highest BCUT2D eigenvalue weighted by atomic mass is 32.2. The third kappa shape index (κ3) is 2.19. The van der Waals surface area contributed by atoms with Gasteiger partial charge in [0.25, 0.3) is 0 Å². The van der Waals surface area contributed by atoms with Crippen LogP contribution in [-0.4, -0.2) is 39.4 Å². The van der Waals surface area contributed by atoms with E-state index in [1.54, 1.807) is 42.4 Å². The van der Waals surface area contributed by atoms with Gasteiger partial charge in [-0.3, -0.25) is 0 Å². The van der Waals surface area contributed by atoms with Gasteiger partial charge in [-0.1, -0.05) is 18.2 Å². The summed E-state index contributed by atoms with van der Waals surface area (Å²) in [7, 11) is -3.34. The van der Waals surface area contributed by atoms with Crippen molar-refractivity contribution in [2.24, 2.45) is 0 Å². The van der Waals surface area contributed by atoms with Crippen LogP contribution in [0.1, 0.15) is 6.04 Å². The molecule has 22 heavy (non-hydrogen) atoms. The Kier molecular flexibility index (Phi) is 3.16. The number of hydrogen-bond acceptors (Lipinski definition) is 6. The summed E-state index contributed by atoms with van der Waals surface area (Å²) in [5.41, 5.74) is 1.44. The van der Waals surface area contributed by atoms with Gasteiger partial charge in [-0.25, -0.2) is 23.4 Å². The van der Waals surface area contributed by atoms with E-state index in [2.05, 4.69) is 15.0 Å². The van der Waals surface area contributed by atoms with Crippen LogP contribution < -0.4 is 0 Å². The number of benzene rings is 1. The van der Waals surface area contributed by atoms with E-state index < -0.39 is 9.84 Å². The van der Waals surface area contributed by atoms with E-state index in [0.29, 0.717) is 16.3 Å². The quantitative estimate of drug-likeness (QED) is 0.682. The van der Waals surface area contributed by atoms with Gasteiger partial charge in [-0.15, -0.1) is 11.8 Å². The van der Waals surface area contributed by atoms with Gasteiger partial charge >= 0.3 is 0 Å². The Morgan fingerprint density at radius 2 is 2.00 bits per heavy atom. The van der Waals surface area contributed by atoms with Gasteiger partial charge in [0.15, 0.2) is 15.5 Å². The van der Waals surface area contributed by atoms with Crippen molar-refractivity contribution in [2.45, 2.75) is 16.0 Å². The number of imidazole rings is 1. The highest BCUT2D eigenvalue weighted by Crippen LogP contribution is 2.35. The predicted octanol–water partition coefficient (Wildman–Crippen LogP) is 1.95. The summed E-state index contributed by atoms with van der Waals surface area (Å²) in [6, 6.07) is 8.38. The molecule has 0 N–H and O–H groups in total. The SMILES string of the molecule is O=S(=O)(CC1CSc2ncnc3ncn1c23)c1ccccc1. The fourth-order valence-corrected chi connectivity index (χ4v) is 5.37. The molecule has 1 unspecified atom stereocenters. The lowest BCUT2D eigenvalue weighted by Crippen LogP contribution is -2.24. The first-order valence-electron chi connectivity index (χ1n) is 6.73. The van der Waals surface area contributed by atoms with Crippen molar-refractivity contribution < 1.29 is 8.42 Å². The van der Waals surface area contributed by atoms with E-state index in [-0.39, 0.29) is 11.8 Å². The molecule has 1 aliphatic rings. The van der Waals surface area contributed by atoms with Crippen LogP contribution in [0.15, 0.2) is 52.9 Å². The van der Waals surface area contributed by atoms with Crippen molar-refractivity contribution >= 4 is 32.8 Å². The largest absolute Gasteiger partial charge is 0.322 e. The summed E-state index contributed by atoms with van der Waals surface area (Å²) in [4.78, 5) is 13.0. The van der Waals surface area contributed by atoms with Crippen LogP contribution in [0.3, 0.4) is 0 Å². The molecule has 0 saturated heterocycles. The molecule has 1 atom stereocenters. The van der Waals surface area contributed by atoms with Crippen molar-refractivity contribution in [1.82, 2.24) is 19.5 Å². The smallest absolute Gasteiger partial charge is 0.181 e. The Hall–Kier alpha value is -1.93. The van der Waals surface area contributed by atoms with Gasteiger partial charge in [-0.2, -0.15) is 0 Å². The normalized spacial score (nSPS) is 17.7. The Morgan fingerprint density at radius 3 is 2.82 bits per heavy atom. The van der Waals surface area contributed by atoms with Gasteiger partial charge in [0, 0.05) is 5.75 Å². The molecule has 4 rings (SSSR count). The second kappa shape index (κ2) is 5.06. The molecule has 3 heterocycles. The number of nitrogens with zero attached hydrogens (tertiary/aromatic N) is 4. The van der Waals surface area contributed by atoms with Crippen LogP contribution in [0, 0.1) is 0 Å². The van der Waals surface area contributed by atoms with Gasteiger partial charge < -0.3 is 4.57 Å². The summed E-state index contributed by atoms with van der Waals surface area (Å²) in [6.45, 7) is 0. The van der Waals surface area contributed by atoms with Crippen LogP contribution in [-0.2, 0) is 9.84 Å². The second-order valence-electron chi connectivity index (χ2n) is 5.06. The molecule has 8 heteroatoms. The summed E-state index contributed by atoms with van der Waals surface area (Å²) >= 11 is 1.55. The maximum atomic E-state index is 12.6. The zero-order chi connectivity index (χ0) is 15.2. The molecule has 0 spiro atoms. The number of sulfone groups is 1. The standard InChI is InChI=1S/C14H12N4O2S2/c19-22(20,11-4-2-1-3-5-11)7-10-6-21-14-12-13(15-8-16-14)17-9-18(10)12/h1-5,8-10H,6-7H2. The Balaban J connectivity index is 1.73. The minimum absolute atomic E-state index is 0.0454. The number of hydrogen-bond donors (Lipinski definition) is 0. The number of thioether (sulfide) groups is 1. The Morgan fingerprint density at radius 1 is 1.18 bits per heavy atom. The highest BCUT2D eigenvalue weighted by molar-refractivity contribution is 7.99. The average Bonchev–Trinajstić information content (AvgIpc) is 2.97. The van der Waals surface area contributed by atoms with Crippen LogP contribution in [0.25, 0.3) is 11.2 Å². The number of rotatable bonds is 3. The van der Waals surface area contributed by atoms with E-state index in [1.807, 2.05) is 10.6 Å². The Bertz CT molecular complexity index is 938. The van der Waals surface area contributed by atoms with E-state index in [1.165, 1.54) is 6.33 Å². The molecular weight excluding hydrogens is 320 g/mol. The van der Waals surface area contributed by atoms with Crippen LogP contribution in [0.4, 0.5) is 0 Å². The van der Waals surface area contributed by atoms with Crippen molar-refractivity contribution in [3.63, 3.8) is 0 Å². The summed E-state index contributed by atoms with van der Waals surface area (Å²) in [5.74, 6) is 0.700. The highest BCUT2D eigenvalue weighted by Gasteiger charge is 2.28. The third-order valence-electron chi connectivity index (χ3n) is 3.65. The molecular formula is C14H12N4O2S2. The lowest BCUT2D eigenvalue weighted by atomic mass is 10.3. The Labute approximate surface area is 131 Å². The average molecular weight is 332 g/mol. The molecule has 0 bridgehead atoms. The molecule has 112 valence electrons. The second-order valence-corrected chi connectivity index (χ2v) is 8.11. The summed E-state index contributed by atoms with van der Waals surface area (Å²) in [6.07, 6.45) is 3.15. The van der Waals surface area contributed by atoms with Gasteiger partial charge in [0.1, 0.15) is 16.9 Å². The molecule has 3 aromatic rings. The van der Waals surface area contributed by atoms with E-state index in [9.17, 15) is 8.42 Å². The van der Waals surface area contributed by atoms with Crippen LogP contribution in [0.5, 0.6) is 0 Å². The molecule has 1 aromatic carbocycles. The van der Waals surface area contributed by atoms with Gasteiger partial charge in [0.05, 0.1) is 23.0 Å². The predicted molar refractivity (Wildman–Crippen MR) is 83.6 cm³/mol.